The van der Waals surface area contributed by atoms with Gasteiger partial charge < -0.3 is 5.11 Å². The fraction of sp³-hybridized carbons (Fsp3) is 0.357. The Bertz CT molecular complexity index is 352. The van der Waals surface area contributed by atoms with Crippen molar-refractivity contribution in [1.29, 1.82) is 0 Å². The molecule has 0 heterocycles. The van der Waals surface area contributed by atoms with Gasteiger partial charge in [0.15, 0.2) is 5.78 Å². The predicted molar refractivity (Wildman–Crippen MR) is 66.2 cm³/mol. The van der Waals surface area contributed by atoms with Crippen LogP contribution in [0.25, 0.3) is 5.76 Å². The minimum atomic E-state index is -0.00481. The Balaban J connectivity index is 2.53. The minimum Gasteiger partial charge on any atom is -0.507 e. The first-order chi connectivity index (χ1) is 7.74. The van der Waals surface area contributed by atoms with Crippen LogP contribution in [0.1, 0.15) is 38.2 Å². The third-order valence-electron chi connectivity index (χ3n) is 2.39. The molecule has 0 atom stereocenters. The quantitative estimate of drug-likeness (QED) is 0.448. The summed E-state index contributed by atoms with van der Waals surface area (Å²) in [6.07, 6.45) is 4.90. The van der Waals surface area contributed by atoms with Crippen LogP contribution < -0.4 is 0 Å². The molecule has 1 aromatic carbocycles. The molecule has 86 valence electrons. The first-order valence-electron chi connectivity index (χ1n) is 5.73. The van der Waals surface area contributed by atoms with Crippen molar-refractivity contribution < 1.29 is 9.90 Å². The second-order valence-electron chi connectivity index (χ2n) is 3.82. The fourth-order valence-electron chi connectivity index (χ4n) is 1.47. The number of benzene rings is 1. The van der Waals surface area contributed by atoms with E-state index >= 15 is 0 Å². The molecule has 0 aromatic heterocycles. The zero-order valence-electron chi connectivity index (χ0n) is 9.65. The molecule has 1 aromatic rings. The molecule has 0 aliphatic rings. The van der Waals surface area contributed by atoms with Gasteiger partial charge in [-0.15, -0.1) is 0 Å². The maximum absolute atomic E-state index is 11.5. The van der Waals surface area contributed by atoms with E-state index in [0.717, 1.165) is 19.3 Å². The Kier molecular flexibility index (Phi) is 5.34. The summed E-state index contributed by atoms with van der Waals surface area (Å²) in [6.45, 7) is 2.10. The molecule has 2 heteroatoms. The molecular formula is C14H18O2. The van der Waals surface area contributed by atoms with Gasteiger partial charge in [0.05, 0.1) is 0 Å². The lowest BCUT2D eigenvalue weighted by Gasteiger charge is -1.99. The highest BCUT2D eigenvalue weighted by atomic mass is 16.3. The normalized spacial score (nSPS) is 11.4. The Labute approximate surface area is 96.6 Å². The summed E-state index contributed by atoms with van der Waals surface area (Å²) in [5, 5.41) is 9.69. The van der Waals surface area contributed by atoms with Gasteiger partial charge in [-0.2, -0.15) is 0 Å². The summed E-state index contributed by atoms with van der Waals surface area (Å²) in [7, 11) is 0. The number of aliphatic hydroxyl groups is 1. The molecule has 0 radical (unpaired) electrons. The summed E-state index contributed by atoms with van der Waals surface area (Å²) < 4.78 is 0. The maximum Gasteiger partial charge on any atom is 0.159 e. The summed E-state index contributed by atoms with van der Waals surface area (Å²) in [6, 6.07) is 9.11. The van der Waals surface area contributed by atoms with Crippen LogP contribution in [0, 0.1) is 0 Å². The lowest BCUT2D eigenvalue weighted by atomic mass is 10.1. The second kappa shape index (κ2) is 6.83. The first kappa shape index (κ1) is 12.5. The lowest BCUT2D eigenvalue weighted by Crippen LogP contribution is -1.95. The van der Waals surface area contributed by atoms with Crippen LogP contribution in [-0.2, 0) is 4.79 Å². The van der Waals surface area contributed by atoms with Crippen LogP contribution in [-0.4, -0.2) is 10.9 Å². The number of carbonyl (C=O) groups excluding carboxylic acids is 1. The number of rotatable bonds is 6. The fourth-order valence-corrected chi connectivity index (χ4v) is 1.47. The molecule has 0 bridgehead atoms. The highest BCUT2D eigenvalue weighted by Gasteiger charge is 2.02. The van der Waals surface area contributed by atoms with Crippen LogP contribution in [0.3, 0.4) is 0 Å². The van der Waals surface area contributed by atoms with Crippen LogP contribution in [0.2, 0.25) is 0 Å². The SMILES string of the molecule is CCCCCC(=O)C=C(O)c1ccccc1. The van der Waals surface area contributed by atoms with Gasteiger partial charge in [-0.25, -0.2) is 0 Å². The molecule has 0 saturated heterocycles. The first-order valence-corrected chi connectivity index (χ1v) is 5.73. The Hall–Kier alpha value is -1.57. The molecule has 1 N–H and O–H groups in total. The van der Waals surface area contributed by atoms with Crippen molar-refractivity contribution in [1.82, 2.24) is 0 Å². The molecule has 16 heavy (non-hydrogen) atoms. The average molecular weight is 218 g/mol. The molecular weight excluding hydrogens is 200 g/mol. The van der Waals surface area contributed by atoms with Crippen LogP contribution in [0.4, 0.5) is 0 Å². The van der Waals surface area contributed by atoms with E-state index in [9.17, 15) is 9.90 Å². The highest BCUT2D eigenvalue weighted by molar-refractivity contribution is 5.95. The van der Waals surface area contributed by atoms with Crippen molar-refractivity contribution in [3.05, 3.63) is 42.0 Å². The van der Waals surface area contributed by atoms with Gasteiger partial charge in [0, 0.05) is 18.1 Å². The Morgan fingerprint density at radius 3 is 2.56 bits per heavy atom. The van der Waals surface area contributed by atoms with Crippen LogP contribution >= 0.6 is 0 Å². The molecule has 1 rings (SSSR count). The van der Waals surface area contributed by atoms with Gasteiger partial charge in [0.25, 0.3) is 0 Å². The van der Waals surface area contributed by atoms with Crippen LogP contribution in [0.5, 0.6) is 0 Å². The summed E-state index contributed by atoms with van der Waals surface area (Å²) in [5.74, 6) is 0.0527. The number of allylic oxidation sites excluding steroid dienone is 1. The summed E-state index contributed by atoms with van der Waals surface area (Å²) in [5.41, 5.74) is 0.686. The molecule has 0 aliphatic carbocycles. The number of ketones is 1. The molecule has 0 fully saturated rings. The third kappa shape index (κ3) is 4.30. The smallest absolute Gasteiger partial charge is 0.159 e. The zero-order valence-corrected chi connectivity index (χ0v) is 9.65. The standard InChI is InChI=1S/C14H18O2/c1-2-3-5-10-13(15)11-14(16)12-8-6-4-7-9-12/h4,6-9,11,16H,2-3,5,10H2,1H3. The average Bonchev–Trinajstić information content (AvgIpc) is 2.30. The Morgan fingerprint density at radius 1 is 1.25 bits per heavy atom. The van der Waals surface area contributed by atoms with Gasteiger partial charge in [-0.1, -0.05) is 50.1 Å². The number of hydrogen-bond donors (Lipinski definition) is 1. The zero-order chi connectivity index (χ0) is 11.8. The third-order valence-corrected chi connectivity index (χ3v) is 2.39. The van der Waals surface area contributed by atoms with Crippen molar-refractivity contribution >= 4 is 11.5 Å². The molecule has 0 aliphatic heterocycles. The topological polar surface area (TPSA) is 37.3 Å². The number of hydrogen-bond acceptors (Lipinski definition) is 2. The molecule has 0 spiro atoms. The van der Waals surface area contributed by atoms with Gasteiger partial charge >= 0.3 is 0 Å². The van der Waals surface area contributed by atoms with Gasteiger partial charge in [0.1, 0.15) is 5.76 Å². The van der Waals surface area contributed by atoms with Crippen molar-refractivity contribution in [3.63, 3.8) is 0 Å². The van der Waals surface area contributed by atoms with E-state index in [1.54, 1.807) is 12.1 Å². The van der Waals surface area contributed by atoms with E-state index in [2.05, 4.69) is 6.92 Å². The Morgan fingerprint density at radius 2 is 1.94 bits per heavy atom. The van der Waals surface area contributed by atoms with E-state index in [1.807, 2.05) is 18.2 Å². The van der Waals surface area contributed by atoms with E-state index in [4.69, 9.17) is 0 Å². The monoisotopic (exact) mass is 218 g/mol. The second-order valence-corrected chi connectivity index (χ2v) is 3.82. The van der Waals surface area contributed by atoms with E-state index in [-0.39, 0.29) is 11.5 Å². The summed E-state index contributed by atoms with van der Waals surface area (Å²) >= 11 is 0. The van der Waals surface area contributed by atoms with Gasteiger partial charge in [-0.05, 0) is 6.42 Å². The number of aliphatic hydroxyl groups excluding tert-OH is 1. The molecule has 0 saturated carbocycles. The van der Waals surface area contributed by atoms with Crippen molar-refractivity contribution in [2.45, 2.75) is 32.6 Å². The maximum atomic E-state index is 11.5. The van der Waals surface area contributed by atoms with E-state index in [1.165, 1.54) is 6.08 Å². The van der Waals surface area contributed by atoms with E-state index in [0.29, 0.717) is 12.0 Å². The minimum absolute atomic E-state index is 0.00481. The van der Waals surface area contributed by atoms with Gasteiger partial charge in [-0.3, -0.25) is 4.79 Å². The number of unbranched alkanes of at least 4 members (excludes halogenated alkanes) is 2. The predicted octanol–water partition coefficient (Wildman–Crippen LogP) is 3.73. The lowest BCUT2D eigenvalue weighted by molar-refractivity contribution is -0.114. The van der Waals surface area contributed by atoms with Gasteiger partial charge in [0.2, 0.25) is 0 Å². The molecule has 0 unspecified atom stereocenters. The van der Waals surface area contributed by atoms with E-state index < -0.39 is 0 Å². The van der Waals surface area contributed by atoms with Crippen molar-refractivity contribution in [2.75, 3.05) is 0 Å². The van der Waals surface area contributed by atoms with Crippen LogP contribution in [0.15, 0.2) is 36.4 Å². The number of carbonyl (C=O) groups is 1. The highest BCUT2D eigenvalue weighted by Crippen LogP contribution is 2.11. The largest absolute Gasteiger partial charge is 0.507 e. The summed E-state index contributed by atoms with van der Waals surface area (Å²) in [4.78, 5) is 11.5. The molecule has 0 amide bonds. The molecule has 2 nitrogen and oxygen atoms in total. The van der Waals surface area contributed by atoms with Crippen molar-refractivity contribution in [2.24, 2.45) is 0 Å². The van der Waals surface area contributed by atoms with Crippen molar-refractivity contribution in [3.8, 4) is 0 Å².